The van der Waals surface area contributed by atoms with Gasteiger partial charge in [0.05, 0.1) is 5.56 Å². The van der Waals surface area contributed by atoms with Crippen LogP contribution in [0.1, 0.15) is 35.9 Å². The summed E-state index contributed by atoms with van der Waals surface area (Å²) in [6.45, 7) is 3.75. The maximum Gasteiger partial charge on any atom is 0.338 e. The fraction of sp³-hybridized carbons (Fsp3) is 0.308. The lowest BCUT2D eigenvalue weighted by atomic mass is 10.1. The fourth-order valence-electron chi connectivity index (χ4n) is 1.85. The Labute approximate surface area is 109 Å². The first-order chi connectivity index (χ1) is 9.08. The lowest BCUT2D eigenvalue weighted by Crippen LogP contribution is -2.11. The van der Waals surface area contributed by atoms with Crippen LogP contribution in [0.3, 0.4) is 0 Å². The van der Waals surface area contributed by atoms with Crippen molar-refractivity contribution in [2.75, 3.05) is 0 Å². The summed E-state index contributed by atoms with van der Waals surface area (Å²) < 4.78 is 15.3. The number of carbonyl (C=O) groups is 1. The topological polar surface area (TPSA) is 68.0 Å². The molecule has 0 bridgehead atoms. The third kappa shape index (κ3) is 2.33. The number of nitrogens with zero attached hydrogens (tertiary/aromatic N) is 3. The number of carboxylic acid groups (broad SMARTS) is 1. The summed E-state index contributed by atoms with van der Waals surface area (Å²) in [5.74, 6) is -0.701. The van der Waals surface area contributed by atoms with Crippen LogP contribution < -0.4 is 0 Å². The number of hydrogen-bond acceptors (Lipinski definition) is 3. The third-order valence-corrected chi connectivity index (χ3v) is 2.78. The molecule has 0 fully saturated rings. The SMILES string of the molecule is CCc1nc(CC)n(-c2c(F)cccc2C(=O)O)n1. The van der Waals surface area contributed by atoms with Gasteiger partial charge in [-0.1, -0.05) is 19.9 Å². The van der Waals surface area contributed by atoms with Crippen LogP contribution in [0.15, 0.2) is 18.2 Å². The van der Waals surface area contributed by atoms with E-state index in [-0.39, 0.29) is 11.3 Å². The van der Waals surface area contributed by atoms with Crippen LogP contribution in [0.2, 0.25) is 0 Å². The Bertz CT molecular complexity index is 622. The molecule has 2 aromatic rings. The fourth-order valence-corrected chi connectivity index (χ4v) is 1.85. The van der Waals surface area contributed by atoms with Crippen LogP contribution in [-0.2, 0) is 12.8 Å². The largest absolute Gasteiger partial charge is 0.478 e. The van der Waals surface area contributed by atoms with Crippen LogP contribution in [0.5, 0.6) is 0 Å². The smallest absolute Gasteiger partial charge is 0.338 e. The summed E-state index contributed by atoms with van der Waals surface area (Å²) in [7, 11) is 0. The van der Waals surface area contributed by atoms with Gasteiger partial charge in [-0.15, -0.1) is 0 Å². The Hall–Kier alpha value is -2.24. The van der Waals surface area contributed by atoms with Gasteiger partial charge in [-0.3, -0.25) is 0 Å². The Kier molecular flexibility index (Phi) is 3.59. The molecule has 0 aliphatic heterocycles. The van der Waals surface area contributed by atoms with Crippen molar-refractivity contribution in [3.05, 3.63) is 41.2 Å². The second kappa shape index (κ2) is 5.17. The van der Waals surface area contributed by atoms with Gasteiger partial charge in [0.1, 0.15) is 17.3 Å². The lowest BCUT2D eigenvalue weighted by molar-refractivity contribution is 0.0696. The van der Waals surface area contributed by atoms with Crippen LogP contribution >= 0.6 is 0 Å². The molecule has 19 heavy (non-hydrogen) atoms. The zero-order valence-corrected chi connectivity index (χ0v) is 10.7. The zero-order chi connectivity index (χ0) is 14.0. The number of benzene rings is 1. The summed E-state index contributed by atoms with van der Waals surface area (Å²) >= 11 is 0. The highest BCUT2D eigenvalue weighted by atomic mass is 19.1. The molecule has 0 aliphatic rings. The summed E-state index contributed by atoms with van der Waals surface area (Å²) in [5.41, 5.74) is -0.179. The maximum atomic E-state index is 14.0. The van der Waals surface area contributed by atoms with Crippen molar-refractivity contribution in [2.24, 2.45) is 0 Å². The normalized spacial score (nSPS) is 10.7. The quantitative estimate of drug-likeness (QED) is 0.918. The standard InChI is InChI=1S/C13H14FN3O2/c1-3-10-15-11(4-2)17(16-10)12-8(13(18)19)6-5-7-9(12)14/h5-7H,3-4H2,1-2H3,(H,18,19). The van der Waals surface area contributed by atoms with Crippen molar-refractivity contribution < 1.29 is 14.3 Å². The van der Waals surface area contributed by atoms with Crippen molar-refractivity contribution >= 4 is 5.97 Å². The van der Waals surface area contributed by atoms with E-state index in [9.17, 15) is 9.18 Å². The van der Waals surface area contributed by atoms with Gasteiger partial charge in [0, 0.05) is 12.8 Å². The van der Waals surface area contributed by atoms with Crippen molar-refractivity contribution in [3.8, 4) is 5.69 Å². The molecule has 5 nitrogen and oxygen atoms in total. The molecule has 1 N–H and O–H groups in total. The maximum absolute atomic E-state index is 14.0. The van der Waals surface area contributed by atoms with Crippen molar-refractivity contribution in [3.63, 3.8) is 0 Å². The number of rotatable bonds is 4. The number of aromatic carboxylic acids is 1. The molecule has 0 amide bonds. The Morgan fingerprint density at radius 1 is 1.37 bits per heavy atom. The average Bonchev–Trinajstić information content (AvgIpc) is 2.81. The molecule has 0 radical (unpaired) electrons. The second-order valence-corrected chi connectivity index (χ2v) is 4.00. The van der Waals surface area contributed by atoms with Crippen molar-refractivity contribution in [1.82, 2.24) is 14.8 Å². The van der Waals surface area contributed by atoms with Crippen LogP contribution in [-0.4, -0.2) is 25.8 Å². The van der Waals surface area contributed by atoms with Gasteiger partial charge < -0.3 is 5.11 Å². The van der Waals surface area contributed by atoms with Gasteiger partial charge in [-0.05, 0) is 12.1 Å². The van der Waals surface area contributed by atoms with Crippen molar-refractivity contribution in [2.45, 2.75) is 26.7 Å². The van der Waals surface area contributed by atoms with E-state index in [1.54, 1.807) is 0 Å². The predicted molar refractivity (Wildman–Crippen MR) is 67.0 cm³/mol. The van der Waals surface area contributed by atoms with E-state index in [1.807, 2.05) is 13.8 Å². The van der Waals surface area contributed by atoms with Gasteiger partial charge in [0.15, 0.2) is 5.82 Å². The number of aromatic nitrogens is 3. The second-order valence-electron chi connectivity index (χ2n) is 4.00. The van der Waals surface area contributed by atoms with E-state index >= 15 is 0 Å². The van der Waals surface area contributed by atoms with E-state index in [4.69, 9.17) is 5.11 Å². The summed E-state index contributed by atoms with van der Waals surface area (Å²) in [6, 6.07) is 3.94. The monoisotopic (exact) mass is 263 g/mol. The number of para-hydroxylation sites is 1. The van der Waals surface area contributed by atoms with Gasteiger partial charge in [-0.25, -0.2) is 18.9 Å². The predicted octanol–water partition coefficient (Wildman–Crippen LogP) is 2.23. The van der Waals surface area contributed by atoms with Crippen LogP contribution in [0.25, 0.3) is 5.69 Å². The number of hydrogen-bond donors (Lipinski definition) is 1. The Morgan fingerprint density at radius 3 is 2.68 bits per heavy atom. The Morgan fingerprint density at radius 2 is 2.11 bits per heavy atom. The molecule has 0 aliphatic carbocycles. The molecule has 100 valence electrons. The van der Waals surface area contributed by atoms with E-state index in [0.717, 1.165) is 0 Å². The van der Waals surface area contributed by atoms with Crippen LogP contribution in [0, 0.1) is 5.82 Å². The molecular formula is C13H14FN3O2. The van der Waals surface area contributed by atoms with E-state index in [0.29, 0.717) is 24.5 Å². The highest BCUT2D eigenvalue weighted by Crippen LogP contribution is 2.20. The summed E-state index contributed by atoms with van der Waals surface area (Å²) in [5, 5.41) is 13.3. The highest BCUT2D eigenvalue weighted by molar-refractivity contribution is 5.92. The summed E-state index contributed by atoms with van der Waals surface area (Å²) in [6.07, 6.45) is 1.15. The average molecular weight is 263 g/mol. The zero-order valence-electron chi connectivity index (χ0n) is 10.7. The molecule has 0 unspecified atom stereocenters. The molecule has 2 rings (SSSR count). The molecule has 6 heteroatoms. The minimum Gasteiger partial charge on any atom is -0.478 e. The summed E-state index contributed by atoms with van der Waals surface area (Å²) in [4.78, 5) is 15.5. The van der Waals surface area contributed by atoms with E-state index in [1.165, 1.54) is 22.9 Å². The molecule has 1 aromatic heterocycles. The first-order valence-electron chi connectivity index (χ1n) is 6.05. The van der Waals surface area contributed by atoms with Gasteiger partial charge in [-0.2, -0.15) is 5.10 Å². The minimum absolute atomic E-state index is 0.0564. The van der Waals surface area contributed by atoms with E-state index in [2.05, 4.69) is 10.1 Å². The molecule has 0 atom stereocenters. The van der Waals surface area contributed by atoms with Crippen LogP contribution in [0.4, 0.5) is 4.39 Å². The van der Waals surface area contributed by atoms with Gasteiger partial charge in [0.2, 0.25) is 0 Å². The van der Waals surface area contributed by atoms with Crippen molar-refractivity contribution in [1.29, 1.82) is 0 Å². The van der Waals surface area contributed by atoms with E-state index < -0.39 is 11.8 Å². The molecule has 0 spiro atoms. The first kappa shape index (κ1) is 13.2. The number of halogens is 1. The molecule has 1 heterocycles. The minimum atomic E-state index is -1.19. The van der Waals surface area contributed by atoms with Gasteiger partial charge >= 0.3 is 5.97 Å². The van der Waals surface area contributed by atoms with Gasteiger partial charge in [0.25, 0.3) is 0 Å². The lowest BCUT2D eigenvalue weighted by Gasteiger charge is -2.09. The Balaban J connectivity index is 2.70. The highest BCUT2D eigenvalue weighted by Gasteiger charge is 2.20. The first-order valence-corrected chi connectivity index (χ1v) is 6.05. The third-order valence-electron chi connectivity index (χ3n) is 2.78. The molecule has 0 saturated heterocycles. The number of aryl methyl sites for hydroxylation is 2. The molecule has 1 aromatic carbocycles. The molecular weight excluding hydrogens is 249 g/mol. The number of carboxylic acids is 1. The molecule has 0 saturated carbocycles.